The molecule has 0 saturated heterocycles. The number of nitrogens with one attached hydrogen (secondary N) is 2. The summed E-state index contributed by atoms with van der Waals surface area (Å²) in [4.78, 5) is 12.9. The van der Waals surface area contributed by atoms with Crippen molar-refractivity contribution in [1.82, 2.24) is 15.1 Å². The highest BCUT2D eigenvalue weighted by atomic mass is 32.2. The Kier molecular flexibility index (Phi) is 5.32. The molecule has 1 aromatic heterocycles. The highest BCUT2D eigenvalue weighted by Gasteiger charge is 2.25. The minimum atomic E-state index is -3.93. The van der Waals surface area contributed by atoms with Crippen LogP contribution in [0.3, 0.4) is 0 Å². The van der Waals surface area contributed by atoms with E-state index in [4.69, 9.17) is 9.47 Å². The van der Waals surface area contributed by atoms with Crippen LogP contribution in [0, 0.1) is 13.8 Å². The predicted molar refractivity (Wildman–Crippen MR) is 114 cm³/mol. The van der Waals surface area contributed by atoms with Crippen LogP contribution < -0.4 is 19.5 Å². The molecule has 10 heteroatoms. The fraction of sp³-hybridized carbons (Fsp3) is 0.238. The van der Waals surface area contributed by atoms with Crippen LogP contribution in [0.5, 0.6) is 11.5 Å². The van der Waals surface area contributed by atoms with Gasteiger partial charge in [0.05, 0.1) is 22.6 Å². The lowest BCUT2D eigenvalue weighted by atomic mass is 10.1. The number of para-hydroxylation sites is 1. The van der Waals surface area contributed by atoms with Gasteiger partial charge in [0.2, 0.25) is 6.79 Å². The van der Waals surface area contributed by atoms with E-state index in [1.165, 1.54) is 4.68 Å². The molecule has 1 aliphatic heterocycles. The molecule has 1 amide bonds. The van der Waals surface area contributed by atoms with E-state index in [0.29, 0.717) is 22.9 Å². The van der Waals surface area contributed by atoms with E-state index >= 15 is 0 Å². The maximum atomic E-state index is 13.0. The zero-order valence-electron chi connectivity index (χ0n) is 17.3. The molecular formula is C21H22N4O5S. The van der Waals surface area contributed by atoms with Crippen LogP contribution in [-0.2, 0) is 23.6 Å². The molecule has 0 radical (unpaired) electrons. The second-order valence-corrected chi connectivity index (χ2v) is 8.76. The second kappa shape index (κ2) is 7.95. The van der Waals surface area contributed by atoms with Gasteiger partial charge in [0.1, 0.15) is 4.90 Å². The molecule has 2 aromatic carbocycles. The summed E-state index contributed by atoms with van der Waals surface area (Å²) in [6.07, 6.45) is 0. The number of anilines is 1. The number of aryl methyl sites for hydroxylation is 2. The maximum Gasteiger partial charge on any atom is 0.265 e. The molecule has 0 atom stereocenters. The van der Waals surface area contributed by atoms with Crippen molar-refractivity contribution in [2.45, 2.75) is 25.3 Å². The summed E-state index contributed by atoms with van der Waals surface area (Å²) in [5, 5.41) is 6.98. The van der Waals surface area contributed by atoms with Crippen LogP contribution >= 0.6 is 0 Å². The minimum absolute atomic E-state index is 0.102. The topological polar surface area (TPSA) is 112 Å². The van der Waals surface area contributed by atoms with E-state index in [2.05, 4.69) is 15.1 Å². The van der Waals surface area contributed by atoms with E-state index in [0.717, 1.165) is 5.56 Å². The van der Waals surface area contributed by atoms with Gasteiger partial charge in [-0.2, -0.15) is 5.10 Å². The number of fused-ring (bicyclic) bond motifs is 1. The number of ether oxygens (including phenoxy) is 2. The Hall–Kier alpha value is -3.53. The summed E-state index contributed by atoms with van der Waals surface area (Å²) in [5.41, 5.74) is 2.13. The molecule has 3 aromatic rings. The van der Waals surface area contributed by atoms with Gasteiger partial charge in [-0.05, 0) is 43.7 Å². The number of hydrogen-bond acceptors (Lipinski definition) is 6. The Morgan fingerprint density at radius 3 is 2.61 bits per heavy atom. The van der Waals surface area contributed by atoms with Gasteiger partial charge in [-0.3, -0.25) is 14.2 Å². The average Bonchev–Trinajstić information content (AvgIpc) is 3.29. The first-order chi connectivity index (χ1) is 14.8. The van der Waals surface area contributed by atoms with Crippen LogP contribution in [0.15, 0.2) is 47.4 Å². The molecule has 0 fully saturated rings. The molecule has 0 saturated carbocycles. The normalized spacial score (nSPS) is 12.6. The second-order valence-electron chi connectivity index (χ2n) is 7.14. The van der Waals surface area contributed by atoms with Gasteiger partial charge in [0.25, 0.3) is 15.9 Å². The zero-order chi connectivity index (χ0) is 22.2. The van der Waals surface area contributed by atoms with E-state index in [-0.39, 0.29) is 29.5 Å². The summed E-state index contributed by atoms with van der Waals surface area (Å²) in [6.45, 7) is 3.73. The molecule has 162 valence electrons. The third kappa shape index (κ3) is 4.06. The number of carbonyl (C=O) groups is 1. The number of aromatic nitrogens is 2. The minimum Gasteiger partial charge on any atom is -0.454 e. The third-order valence-corrected chi connectivity index (χ3v) is 6.63. The number of sulfonamides is 1. The van der Waals surface area contributed by atoms with Crippen LogP contribution in [-0.4, -0.2) is 30.9 Å². The average molecular weight is 442 g/mol. The fourth-order valence-electron chi connectivity index (χ4n) is 3.44. The Bertz CT molecular complexity index is 1270. The fourth-order valence-corrected chi connectivity index (χ4v) is 4.96. The first-order valence-electron chi connectivity index (χ1n) is 9.55. The smallest absolute Gasteiger partial charge is 0.265 e. The van der Waals surface area contributed by atoms with E-state index in [9.17, 15) is 13.2 Å². The molecular weight excluding hydrogens is 420 g/mol. The van der Waals surface area contributed by atoms with Crippen molar-refractivity contribution >= 4 is 21.6 Å². The van der Waals surface area contributed by atoms with Gasteiger partial charge in [-0.25, -0.2) is 8.42 Å². The van der Waals surface area contributed by atoms with Gasteiger partial charge in [-0.15, -0.1) is 0 Å². The molecule has 0 bridgehead atoms. The van der Waals surface area contributed by atoms with Gasteiger partial charge in [-0.1, -0.05) is 18.2 Å². The molecule has 2 heterocycles. The predicted octanol–water partition coefficient (Wildman–Crippen LogP) is 2.50. The summed E-state index contributed by atoms with van der Waals surface area (Å²) < 4.78 is 40.7. The number of rotatable bonds is 6. The quantitative estimate of drug-likeness (QED) is 0.607. The molecule has 0 aliphatic carbocycles. The highest BCUT2D eigenvalue weighted by Crippen LogP contribution is 2.32. The highest BCUT2D eigenvalue weighted by molar-refractivity contribution is 7.92. The van der Waals surface area contributed by atoms with Gasteiger partial charge < -0.3 is 14.8 Å². The lowest BCUT2D eigenvalue weighted by molar-refractivity contribution is 0.0951. The number of nitrogens with zero attached hydrogens (tertiary/aromatic N) is 2. The molecule has 0 spiro atoms. The Balaban J connectivity index is 1.53. The van der Waals surface area contributed by atoms with E-state index in [1.807, 2.05) is 6.07 Å². The van der Waals surface area contributed by atoms with Crippen LogP contribution in [0.4, 0.5) is 5.69 Å². The molecule has 0 unspecified atom stereocenters. The zero-order valence-corrected chi connectivity index (χ0v) is 18.1. The van der Waals surface area contributed by atoms with Gasteiger partial charge >= 0.3 is 0 Å². The Morgan fingerprint density at radius 1 is 1.13 bits per heavy atom. The summed E-state index contributed by atoms with van der Waals surface area (Å²) in [7, 11) is -2.25. The molecule has 9 nitrogen and oxygen atoms in total. The van der Waals surface area contributed by atoms with Crippen LogP contribution in [0.25, 0.3) is 0 Å². The van der Waals surface area contributed by atoms with Crippen LogP contribution in [0.2, 0.25) is 0 Å². The van der Waals surface area contributed by atoms with Crippen molar-refractivity contribution in [3.63, 3.8) is 0 Å². The third-order valence-electron chi connectivity index (χ3n) is 5.02. The van der Waals surface area contributed by atoms with Crippen molar-refractivity contribution in [3.05, 3.63) is 65.0 Å². The van der Waals surface area contributed by atoms with Crippen LogP contribution in [0.1, 0.15) is 27.3 Å². The SMILES string of the molecule is Cc1nn(C)c(C)c1S(=O)(=O)Nc1ccccc1C(=O)NCc1ccc2c(c1)OCO2. The standard InChI is InChI=1S/C21H22N4O5S/c1-13-20(14(2)25(3)23-13)31(27,28)24-17-7-5-4-6-16(17)21(26)22-11-15-8-9-18-19(10-15)30-12-29-18/h4-10,24H,11-12H2,1-3H3,(H,22,26). The van der Waals surface area contributed by atoms with Gasteiger partial charge in [0.15, 0.2) is 11.5 Å². The number of carbonyl (C=O) groups excluding carboxylic acids is 1. The summed E-state index contributed by atoms with van der Waals surface area (Å²) in [5.74, 6) is 0.883. The molecule has 2 N–H and O–H groups in total. The van der Waals surface area contributed by atoms with Crippen molar-refractivity contribution < 1.29 is 22.7 Å². The summed E-state index contributed by atoms with van der Waals surface area (Å²) in [6, 6.07) is 11.9. The lowest BCUT2D eigenvalue weighted by Crippen LogP contribution is -2.25. The van der Waals surface area contributed by atoms with E-state index in [1.54, 1.807) is 57.3 Å². The van der Waals surface area contributed by atoms with Crippen molar-refractivity contribution in [2.24, 2.45) is 7.05 Å². The monoisotopic (exact) mass is 442 g/mol. The first-order valence-corrected chi connectivity index (χ1v) is 11.0. The first kappa shape index (κ1) is 20.7. The van der Waals surface area contributed by atoms with Crippen molar-refractivity contribution in [1.29, 1.82) is 0 Å². The van der Waals surface area contributed by atoms with Crippen molar-refractivity contribution in [2.75, 3.05) is 11.5 Å². The number of amides is 1. The van der Waals surface area contributed by atoms with E-state index < -0.39 is 15.9 Å². The Morgan fingerprint density at radius 2 is 1.87 bits per heavy atom. The Labute approximate surface area is 180 Å². The van der Waals surface area contributed by atoms with Crippen molar-refractivity contribution in [3.8, 4) is 11.5 Å². The molecule has 31 heavy (non-hydrogen) atoms. The summed E-state index contributed by atoms with van der Waals surface area (Å²) >= 11 is 0. The maximum absolute atomic E-state index is 13.0. The molecule has 1 aliphatic rings. The number of benzene rings is 2. The largest absolute Gasteiger partial charge is 0.454 e. The lowest BCUT2D eigenvalue weighted by Gasteiger charge is -2.13. The van der Waals surface area contributed by atoms with Gasteiger partial charge in [0, 0.05) is 13.6 Å². The number of hydrogen-bond donors (Lipinski definition) is 2. The molecule has 4 rings (SSSR count).